The number of anilines is 1. The molecule has 43 heavy (non-hydrogen) atoms. The Bertz CT molecular complexity index is 1550. The molecule has 0 saturated carbocycles. The van der Waals surface area contributed by atoms with Crippen molar-refractivity contribution in [2.75, 3.05) is 11.9 Å². The smallest absolute Gasteiger partial charge is 0.330 e. The van der Waals surface area contributed by atoms with Crippen molar-refractivity contribution in [1.82, 2.24) is 20.4 Å². The van der Waals surface area contributed by atoms with Crippen molar-refractivity contribution < 1.29 is 28.4 Å². The number of hydrogen-bond donors (Lipinski definition) is 3. The molecule has 1 unspecified atom stereocenters. The minimum absolute atomic E-state index is 0.0120. The van der Waals surface area contributed by atoms with Gasteiger partial charge in [0.15, 0.2) is 5.69 Å². The van der Waals surface area contributed by atoms with Crippen LogP contribution in [0.4, 0.5) is 5.69 Å². The second-order valence-electron chi connectivity index (χ2n) is 9.56. The number of aromatic nitrogens is 2. The molecule has 0 bridgehead atoms. The molecular weight excluding hydrogens is 554 g/mol. The number of amides is 3. The van der Waals surface area contributed by atoms with E-state index in [0.717, 1.165) is 10.1 Å². The van der Waals surface area contributed by atoms with Gasteiger partial charge in [-0.1, -0.05) is 41.6 Å². The van der Waals surface area contributed by atoms with Gasteiger partial charge < -0.3 is 29.8 Å². The highest BCUT2D eigenvalue weighted by atomic mass is 16.5. The molecule has 3 amide bonds. The molecule has 1 aliphatic rings. The van der Waals surface area contributed by atoms with Crippen molar-refractivity contribution in [3.63, 3.8) is 0 Å². The Labute approximate surface area is 248 Å². The number of rotatable bonds is 11. The van der Waals surface area contributed by atoms with Gasteiger partial charge in [0.05, 0.1) is 0 Å². The topological polar surface area (TPSA) is 162 Å². The number of terminal acetylenes is 1. The summed E-state index contributed by atoms with van der Waals surface area (Å²) >= 11 is 0. The fourth-order valence-corrected chi connectivity index (χ4v) is 4.16. The number of carbonyl (C=O) groups is 4. The molecule has 12 heteroatoms. The van der Waals surface area contributed by atoms with Gasteiger partial charge in [-0.3, -0.25) is 19.2 Å². The summed E-state index contributed by atoms with van der Waals surface area (Å²) in [4.78, 5) is 62.6. The second kappa shape index (κ2) is 16.1. The average Bonchev–Trinajstić information content (AvgIpc) is 3.61. The van der Waals surface area contributed by atoms with E-state index in [1.54, 1.807) is 13.8 Å². The van der Waals surface area contributed by atoms with Crippen LogP contribution in [0, 0.1) is 25.2 Å². The molecule has 3 heterocycles. The summed E-state index contributed by atoms with van der Waals surface area (Å²) in [7, 11) is 0. The summed E-state index contributed by atoms with van der Waals surface area (Å²) < 4.78 is 11.3. The number of ether oxygens (including phenoxy) is 1. The van der Waals surface area contributed by atoms with Gasteiger partial charge in [0.25, 0.3) is 11.5 Å². The fraction of sp³-hybridized carbons (Fsp3) is 0.290. The van der Waals surface area contributed by atoms with Gasteiger partial charge in [0, 0.05) is 36.8 Å². The van der Waals surface area contributed by atoms with Gasteiger partial charge >= 0.3 is 5.97 Å². The van der Waals surface area contributed by atoms with Crippen molar-refractivity contribution in [3.8, 4) is 12.3 Å². The van der Waals surface area contributed by atoms with E-state index in [2.05, 4.69) is 33.5 Å². The van der Waals surface area contributed by atoms with E-state index in [0.29, 0.717) is 18.7 Å². The summed E-state index contributed by atoms with van der Waals surface area (Å²) in [6.07, 6.45) is 9.57. The van der Waals surface area contributed by atoms with Gasteiger partial charge in [-0.25, -0.2) is 4.79 Å². The molecule has 1 saturated heterocycles. The Morgan fingerprint density at radius 1 is 1.23 bits per heavy atom. The van der Waals surface area contributed by atoms with Crippen LogP contribution in [0.3, 0.4) is 0 Å². The van der Waals surface area contributed by atoms with Crippen LogP contribution in [0.1, 0.15) is 41.6 Å². The molecule has 3 aromatic rings. The van der Waals surface area contributed by atoms with Gasteiger partial charge in [0.1, 0.15) is 24.6 Å². The summed E-state index contributed by atoms with van der Waals surface area (Å²) in [5.41, 5.74) is 0.203. The SMILES string of the molecule is C#CC.Cc1cc(C(=O)Nc2cccn(CC(=O)N[C@H](/C=C/C(=O)OCc3ccccc3)CC3CCNC3=O)c2=O)no1. The van der Waals surface area contributed by atoms with Crippen LogP contribution in [0.25, 0.3) is 0 Å². The van der Waals surface area contributed by atoms with Crippen LogP contribution in [0.5, 0.6) is 0 Å². The molecule has 0 aliphatic carbocycles. The van der Waals surface area contributed by atoms with Gasteiger partial charge in [-0.15, -0.1) is 12.3 Å². The first-order valence-corrected chi connectivity index (χ1v) is 13.5. The zero-order valence-electron chi connectivity index (χ0n) is 23.9. The first kappa shape index (κ1) is 32.1. The standard InChI is InChI=1S/C28H29N5O7.C3H4/c1-18-14-23(32-40-18)27(37)31-22-8-5-13-33(28(22)38)16-24(34)30-21(15-20-11-12-29-26(20)36)9-10-25(35)39-17-19-6-3-2-4-7-19;1-3-2/h2-10,13-14,20-21H,11-12,15-17H2,1H3,(H,29,36)(H,30,34)(H,31,37);1H,2H3/b10-9+;/t20?,21-;/m1./s1. The van der Waals surface area contributed by atoms with E-state index in [1.165, 1.54) is 36.5 Å². The largest absolute Gasteiger partial charge is 0.458 e. The first-order valence-electron chi connectivity index (χ1n) is 13.5. The summed E-state index contributed by atoms with van der Waals surface area (Å²) in [6, 6.07) is 12.9. The van der Waals surface area contributed by atoms with Crippen LogP contribution in [0.15, 0.2) is 76.2 Å². The fourth-order valence-electron chi connectivity index (χ4n) is 4.16. The summed E-state index contributed by atoms with van der Waals surface area (Å²) in [5.74, 6) is 0.480. The molecule has 2 aromatic heterocycles. The van der Waals surface area contributed by atoms with Crippen molar-refractivity contribution in [1.29, 1.82) is 0 Å². The third-order valence-electron chi connectivity index (χ3n) is 6.18. The van der Waals surface area contributed by atoms with Gasteiger partial charge in [-0.05, 0) is 44.4 Å². The highest BCUT2D eigenvalue weighted by molar-refractivity contribution is 6.02. The molecule has 1 aliphatic heterocycles. The molecule has 1 aromatic carbocycles. The minimum atomic E-state index is -0.667. The van der Waals surface area contributed by atoms with E-state index < -0.39 is 29.4 Å². The lowest BCUT2D eigenvalue weighted by molar-refractivity contribution is -0.139. The third kappa shape index (κ3) is 10.2. The number of nitrogens with one attached hydrogen (secondary N) is 3. The third-order valence-corrected chi connectivity index (χ3v) is 6.18. The Balaban J connectivity index is 0.00000162. The Kier molecular flexibility index (Phi) is 12.0. The van der Waals surface area contributed by atoms with E-state index in [4.69, 9.17) is 9.26 Å². The lowest BCUT2D eigenvalue weighted by Crippen LogP contribution is -2.40. The average molecular weight is 588 g/mol. The number of carbonyl (C=O) groups excluding carboxylic acids is 4. The first-order chi connectivity index (χ1) is 20.7. The molecule has 0 spiro atoms. The quantitative estimate of drug-likeness (QED) is 0.175. The number of esters is 1. The Hall–Kier alpha value is -5.44. The number of pyridine rings is 1. The van der Waals surface area contributed by atoms with E-state index in [-0.39, 0.29) is 42.8 Å². The molecule has 4 rings (SSSR count). The van der Waals surface area contributed by atoms with Crippen molar-refractivity contribution in [2.24, 2.45) is 5.92 Å². The molecular formula is C31H33N5O7. The molecule has 0 radical (unpaired) electrons. The number of hydrogen-bond acceptors (Lipinski definition) is 8. The number of nitrogens with zero attached hydrogens (tertiary/aromatic N) is 2. The molecule has 3 N–H and O–H groups in total. The van der Waals surface area contributed by atoms with Gasteiger partial charge in [0.2, 0.25) is 11.8 Å². The Morgan fingerprint density at radius 3 is 2.63 bits per heavy atom. The van der Waals surface area contributed by atoms with E-state index in [9.17, 15) is 24.0 Å². The van der Waals surface area contributed by atoms with Crippen molar-refractivity contribution in [2.45, 2.75) is 45.9 Å². The van der Waals surface area contributed by atoms with Crippen LogP contribution in [-0.4, -0.2) is 46.0 Å². The predicted molar refractivity (Wildman–Crippen MR) is 157 cm³/mol. The highest BCUT2D eigenvalue weighted by Gasteiger charge is 2.27. The summed E-state index contributed by atoms with van der Waals surface area (Å²) in [5, 5.41) is 11.6. The van der Waals surface area contributed by atoms with Crippen LogP contribution >= 0.6 is 0 Å². The molecule has 1 fully saturated rings. The molecule has 2 atom stereocenters. The van der Waals surface area contributed by atoms with Crippen LogP contribution in [-0.2, 0) is 32.3 Å². The highest BCUT2D eigenvalue weighted by Crippen LogP contribution is 2.17. The van der Waals surface area contributed by atoms with Crippen molar-refractivity contribution in [3.05, 3.63) is 94.3 Å². The zero-order chi connectivity index (χ0) is 31.2. The van der Waals surface area contributed by atoms with Crippen LogP contribution in [0.2, 0.25) is 0 Å². The Morgan fingerprint density at radius 2 is 1.98 bits per heavy atom. The second-order valence-corrected chi connectivity index (χ2v) is 9.56. The zero-order valence-corrected chi connectivity index (χ0v) is 23.9. The molecule has 12 nitrogen and oxygen atoms in total. The van der Waals surface area contributed by atoms with Crippen molar-refractivity contribution >= 4 is 29.4 Å². The maximum Gasteiger partial charge on any atom is 0.330 e. The number of benzene rings is 1. The van der Waals surface area contributed by atoms with Crippen LogP contribution < -0.4 is 21.5 Å². The lowest BCUT2D eigenvalue weighted by atomic mass is 9.98. The maximum absolute atomic E-state index is 12.9. The van der Waals surface area contributed by atoms with Gasteiger partial charge in [-0.2, -0.15) is 0 Å². The van der Waals surface area contributed by atoms with E-state index >= 15 is 0 Å². The summed E-state index contributed by atoms with van der Waals surface area (Å²) in [6.45, 7) is 3.56. The van der Waals surface area contributed by atoms with E-state index in [1.807, 2.05) is 30.3 Å². The maximum atomic E-state index is 12.9. The minimum Gasteiger partial charge on any atom is -0.458 e. The number of aryl methyl sites for hydroxylation is 1. The molecule has 224 valence electrons. The normalized spacial score (nSPS) is 14.5. The predicted octanol–water partition coefficient (Wildman–Crippen LogP) is 2.35. The monoisotopic (exact) mass is 587 g/mol. The lowest BCUT2D eigenvalue weighted by Gasteiger charge is -2.18.